The van der Waals surface area contributed by atoms with Crippen LogP contribution in [-0.2, 0) is 12.8 Å². The number of fused-ring (bicyclic) bond motifs is 1. The molecule has 0 aliphatic heterocycles. The highest BCUT2D eigenvalue weighted by atomic mass is 35.5. The van der Waals surface area contributed by atoms with Crippen molar-refractivity contribution in [3.8, 4) is 0 Å². The van der Waals surface area contributed by atoms with Crippen molar-refractivity contribution >= 4 is 34.0 Å². The number of carbonyl (C=O) groups is 1. The van der Waals surface area contributed by atoms with E-state index in [2.05, 4.69) is 17.2 Å². The van der Waals surface area contributed by atoms with Gasteiger partial charge in [0, 0.05) is 4.88 Å². The van der Waals surface area contributed by atoms with Crippen LogP contribution in [0.15, 0.2) is 18.2 Å². The van der Waals surface area contributed by atoms with Crippen LogP contribution in [0.3, 0.4) is 0 Å². The Labute approximate surface area is 131 Å². The van der Waals surface area contributed by atoms with Crippen molar-refractivity contribution in [2.24, 2.45) is 5.92 Å². The molecule has 1 aliphatic carbocycles. The van der Waals surface area contributed by atoms with Gasteiger partial charge in [-0.2, -0.15) is 0 Å². The highest BCUT2D eigenvalue weighted by Crippen LogP contribution is 2.32. The van der Waals surface area contributed by atoms with Gasteiger partial charge in [0.05, 0.1) is 16.3 Å². The highest BCUT2D eigenvalue weighted by Gasteiger charge is 2.21. The molecule has 1 N–H and O–H groups in total. The van der Waals surface area contributed by atoms with Gasteiger partial charge in [0.1, 0.15) is 5.82 Å². The summed E-state index contributed by atoms with van der Waals surface area (Å²) in [4.78, 5) is 17.9. The lowest BCUT2D eigenvalue weighted by Gasteiger charge is -2.15. The van der Waals surface area contributed by atoms with Gasteiger partial charge in [-0.3, -0.25) is 10.1 Å². The van der Waals surface area contributed by atoms with Crippen LogP contribution in [0, 0.1) is 11.7 Å². The Morgan fingerprint density at radius 1 is 1.52 bits per heavy atom. The van der Waals surface area contributed by atoms with Gasteiger partial charge in [-0.25, -0.2) is 9.37 Å². The maximum absolute atomic E-state index is 13.0. The van der Waals surface area contributed by atoms with Crippen molar-refractivity contribution in [1.29, 1.82) is 0 Å². The molecule has 2 aromatic rings. The second-order valence-electron chi connectivity index (χ2n) is 5.32. The fourth-order valence-corrected chi connectivity index (χ4v) is 3.85. The van der Waals surface area contributed by atoms with Crippen molar-refractivity contribution in [3.63, 3.8) is 0 Å². The molecule has 110 valence electrons. The third-order valence-electron chi connectivity index (χ3n) is 3.58. The van der Waals surface area contributed by atoms with Crippen LogP contribution >= 0.6 is 22.9 Å². The number of nitrogens with one attached hydrogen (secondary N) is 1. The monoisotopic (exact) mass is 324 g/mol. The number of hydrogen-bond acceptors (Lipinski definition) is 3. The first-order chi connectivity index (χ1) is 10.0. The molecular formula is C15H14ClFN2OS. The molecule has 0 saturated carbocycles. The smallest absolute Gasteiger partial charge is 0.258 e. The van der Waals surface area contributed by atoms with Gasteiger partial charge in [0.15, 0.2) is 5.13 Å². The van der Waals surface area contributed by atoms with Crippen molar-refractivity contribution < 1.29 is 9.18 Å². The Bertz CT molecular complexity index is 701. The van der Waals surface area contributed by atoms with Crippen LogP contribution in [0.4, 0.5) is 9.52 Å². The summed E-state index contributed by atoms with van der Waals surface area (Å²) in [5, 5.41) is 3.43. The molecule has 0 saturated heterocycles. The quantitative estimate of drug-likeness (QED) is 0.894. The summed E-state index contributed by atoms with van der Waals surface area (Å²) in [6.45, 7) is 2.22. The van der Waals surface area contributed by atoms with Crippen molar-refractivity contribution in [2.45, 2.75) is 26.2 Å². The summed E-state index contributed by atoms with van der Waals surface area (Å²) >= 11 is 7.40. The van der Waals surface area contributed by atoms with Crippen molar-refractivity contribution in [1.82, 2.24) is 4.98 Å². The molecule has 0 radical (unpaired) electrons. The number of thiazole rings is 1. The fraction of sp³-hybridized carbons (Fsp3) is 0.333. The minimum Gasteiger partial charge on any atom is -0.298 e. The SMILES string of the molecule is CC1CCc2nc(NC(=O)c3ccc(F)cc3Cl)sc2C1. The van der Waals surface area contributed by atoms with Gasteiger partial charge < -0.3 is 0 Å². The van der Waals surface area contributed by atoms with Crippen LogP contribution < -0.4 is 5.32 Å². The molecule has 0 fully saturated rings. The lowest BCUT2D eigenvalue weighted by molar-refractivity contribution is 0.102. The number of hydrogen-bond donors (Lipinski definition) is 1. The molecule has 6 heteroatoms. The average Bonchev–Trinajstić information content (AvgIpc) is 2.79. The third kappa shape index (κ3) is 3.09. The third-order valence-corrected chi connectivity index (χ3v) is 4.93. The lowest BCUT2D eigenvalue weighted by atomic mass is 9.93. The molecule has 1 aliphatic rings. The van der Waals surface area contributed by atoms with Gasteiger partial charge in [0.25, 0.3) is 5.91 Å². The zero-order valence-electron chi connectivity index (χ0n) is 11.5. The van der Waals surface area contributed by atoms with Crippen molar-refractivity contribution in [3.05, 3.63) is 45.2 Å². The Morgan fingerprint density at radius 3 is 3.10 bits per heavy atom. The zero-order valence-corrected chi connectivity index (χ0v) is 13.0. The predicted molar refractivity (Wildman–Crippen MR) is 82.7 cm³/mol. The van der Waals surface area contributed by atoms with Gasteiger partial charge >= 0.3 is 0 Å². The second-order valence-corrected chi connectivity index (χ2v) is 6.81. The maximum Gasteiger partial charge on any atom is 0.258 e. The molecule has 1 unspecified atom stereocenters. The van der Waals surface area contributed by atoms with Crippen LogP contribution in [0.25, 0.3) is 0 Å². The maximum atomic E-state index is 13.0. The number of rotatable bonds is 2. The molecular weight excluding hydrogens is 311 g/mol. The van der Waals surface area contributed by atoms with E-state index in [4.69, 9.17) is 11.6 Å². The normalized spacial score (nSPS) is 17.4. The number of benzene rings is 1. The summed E-state index contributed by atoms with van der Waals surface area (Å²) in [5.41, 5.74) is 1.33. The van der Waals surface area contributed by atoms with E-state index < -0.39 is 5.82 Å². The van der Waals surface area contributed by atoms with Gasteiger partial charge in [-0.15, -0.1) is 11.3 Å². The Hall–Kier alpha value is -1.46. The van der Waals surface area contributed by atoms with E-state index >= 15 is 0 Å². The molecule has 1 atom stereocenters. The summed E-state index contributed by atoms with van der Waals surface area (Å²) in [7, 11) is 0. The number of nitrogens with zero attached hydrogens (tertiary/aromatic N) is 1. The first-order valence-corrected chi connectivity index (χ1v) is 7.97. The van der Waals surface area contributed by atoms with E-state index in [-0.39, 0.29) is 16.5 Å². The first kappa shape index (κ1) is 14.5. The van der Waals surface area contributed by atoms with Crippen LogP contribution in [0.1, 0.15) is 34.3 Å². The standard InChI is InChI=1S/C15H14ClFN2OS/c1-8-2-5-12-13(6-8)21-15(18-12)19-14(20)10-4-3-9(17)7-11(10)16/h3-4,7-8H,2,5-6H2,1H3,(H,18,19,20). The van der Waals surface area contributed by atoms with E-state index in [0.29, 0.717) is 11.0 Å². The lowest BCUT2D eigenvalue weighted by Crippen LogP contribution is -2.12. The average molecular weight is 325 g/mol. The van der Waals surface area contributed by atoms with E-state index in [1.165, 1.54) is 28.3 Å². The minimum absolute atomic E-state index is 0.0995. The van der Waals surface area contributed by atoms with Gasteiger partial charge in [-0.1, -0.05) is 18.5 Å². The molecule has 3 nitrogen and oxygen atoms in total. The number of anilines is 1. The van der Waals surface area contributed by atoms with Crippen molar-refractivity contribution in [2.75, 3.05) is 5.32 Å². The predicted octanol–water partition coefficient (Wildman–Crippen LogP) is 4.31. The number of aryl methyl sites for hydroxylation is 1. The van der Waals surface area contributed by atoms with E-state index in [9.17, 15) is 9.18 Å². The number of carbonyl (C=O) groups excluding carboxylic acids is 1. The van der Waals surface area contributed by atoms with Crippen LogP contribution in [0.5, 0.6) is 0 Å². The molecule has 0 bridgehead atoms. The zero-order chi connectivity index (χ0) is 15.0. The summed E-state index contributed by atoms with van der Waals surface area (Å²) in [6.07, 6.45) is 3.11. The van der Waals surface area contributed by atoms with E-state index in [1.807, 2.05) is 0 Å². The molecule has 0 spiro atoms. The molecule has 3 rings (SSSR count). The van der Waals surface area contributed by atoms with Crippen LogP contribution in [-0.4, -0.2) is 10.9 Å². The first-order valence-electron chi connectivity index (χ1n) is 6.78. The van der Waals surface area contributed by atoms with Crippen LogP contribution in [0.2, 0.25) is 5.02 Å². The number of amides is 1. The minimum atomic E-state index is -0.463. The number of aromatic nitrogens is 1. The molecule has 1 aromatic carbocycles. The highest BCUT2D eigenvalue weighted by molar-refractivity contribution is 7.15. The van der Waals surface area contributed by atoms with E-state index in [0.717, 1.165) is 31.0 Å². The van der Waals surface area contributed by atoms with Gasteiger partial charge in [-0.05, 0) is 43.4 Å². The fourth-order valence-electron chi connectivity index (χ4n) is 2.43. The molecule has 21 heavy (non-hydrogen) atoms. The van der Waals surface area contributed by atoms with E-state index in [1.54, 1.807) is 0 Å². The Kier molecular flexibility index (Phi) is 3.95. The number of halogens is 2. The molecule has 1 amide bonds. The topological polar surface area (TPSA) is 42.0 Å². The summed E-state index contributed by atoms with van der Waals surface area (Å²) in [6, 6.07) is 3.73. The second kappa shape index (κ2) is 5.73. The Morgan fingerprint density at radius 2 is 2.33 bits per heavy atom. The Balaban J connectivity index is 1.79. The summed E-state index contributed by atoms with van der Waals surface area (Å²) < 4.78 is 13.0. The molecule has 1 aromatic heterocycles. The van der Waals surface area contributed by atoms with Gasteiger partial charge in [0.2, 0.25) is 0 Å². The molecule has 1 heterocycles. The summed E-state index contributed by atoms with van der Waals surface area (Å²) in [5.74, 6) is -0.164. The largest absolute Gasteiger partial charge is 0.298 e.